The van der Waals surface area contributed by atoms with Gasteiger partial charge in [0.1, 0.15) is 0 Å². The molecule has 7 nitrogen and oxygen atoms in total. The van der Waals surface area contributed by atoms with Crippen molar-refractivity contribution in [3.8, 4) is 11.5 Å². The number of pyridine rings is 1. The number of hydrogen-bond donors (Lipinski definition) is 1. The Labute approximate surface area is 164 Å². The first kappa shape index (κ1) is 19.4. The Hall–Kier alpha value is -3.35. The third-order valence-corrected chi connectivity index (χ3v) is 4.16. The van der Waals surface area contributed by atoms with Crippen LogP contribution in [0.4, 0.5) is 0 Å². The van der Waals surface area contributed by atoms with Crippen molar-refractivity contribution in [2.75, 3.05) is 13.7 Å². The van der Waals surface area contributed by atoms with E-state index in [0.29, 0.717) is 23.9 Å². The van der Waals surface area contributed by atoms with Crippen molar-refractivity contribution in [2.24, 2.45) is 0 Å². The average Bonchev–Trinajstić information content (AvgIpc) is 3.15. The van der Waals surface area contributed by atoms with Crippen molar-refractivity contribution in [3.63, 3.8) is 0 Å². The van der Waals surface area contributed by atoms with E-state index in [-0.39, 0.29) is 11.9 Å². The first-order chi connectivity index (χ1) is 13.6. The summed E-state index contributed by atoms with van der Waals surface area (Å²) in [5, 5.41) is 11.2. The highest BCUT2D eigenvalue weighted by atomic mass is 16.5. The van der Waals surface area contributed by atoms with Gasteiger partial charge in [-0.15, -0.1) is 10.2 Å². The maximum absolute atomic E-state index is 12.3. The lowest BCUT2D eigenvalue weighted by Crippen LogP contribution is -2.26. The molecule has 0 aliphatic carbocycles. The van der Waals surface area contributed by atoms with E-state index in [4.69, 9.17) is 9.47 Å². The summed E-state index contributed by atoms with van der Waals surface area (Å²) in [5.41, 5.74) is 1.59. The number of nitrogens with zero attached hydrogens (tertiary/aromatic N) is 3. The van der Waals surface area contributed by atoms with Crippen LogP contribution in [0.2, 0.25) is 0 Å². The molecule has 0 fully saturated rings. The zero-order chi connectivity index (χ0) is 19.9. The predicted octanol–water partition coefficient (Wildman–Crippen LogP) is 3.42. The molecular weight excluding hydrogens is 356 g/mol. The number of nitrogens with one attached hydrogen (secondary N) is 1. The van der Waals surface area contributed by atoms with Crippen LogP contribution in [-0.4, -0.2) is 34.2 Å². The lowest BCUT2D eigenvalue weighted by Gasteiger charge is -2.11. The van der Waals surface area contributed by atoms with E-state index in [9.17, 15) is 4.79 Å². The van der Waals surface area contributed by atoms with Gasteiger partial charge in [-0.1, -0.05) is 19.1 Å². The Bertz CT molecular complexity index is 981. The van der Waals surface area contributed by atoms with Crippen LogP contribution in [0.5, 0.6) is 11.5 Å². The highest BCUT2D eigenvalue weighted by molar-refractivity contribution is 5.92. The Balaban J connectivity index is 1.66. The molecule has 7 heteroatoms. The molecule has 1 N–H and O–H groups in total. The van der Waals surface area contributed by atoms with Gasteiger partial charge in [-0.3, -0.25) is 9.20 Å². The molecule has 0 saturated carbocycles. The fourth-order valence-electron chi connectivity index (χ4n) is 2.77. The number of ether oxygens (including phenoxy) is 2. The summed E-state index contributed by atoms with van der Waals surface area (Å²) in [7, 11) is 1.60. The molecule has 0 saturated heterocycles. The standard InChI is InChI=1S/C21H24N4O3/c1-4-13-28-17-10-8-16(14-18(17)27-3)9-11-20(26)22-15(2)21-24-23-19-7-5-6-12-25(19)21/h5-12,14-15H,4,13H2,1-3H3,(H,22,26)/b11-9+. The molecule has 2 heterocycles. The monoisotopic (exact) mass is 380 g/mol. The van der Waals surface area contributed by atoms with Crippen LogP contribution in [-0.2, 0) is 4.79 Å². The van der Waals surface area contributed by atoms with Crippen LogP contribution in [0.1, 0.15) is 37.7 Å². The molecule has 3 aromatic rings. The van der Waals surface area contributed by atoms with Gasteiger partial charge in [-0.2, -0.15) is 0 Å². The summed E-state index contributed by atoms with van der Waals surface area (Å²) in [5.74, 6) is 1.79. The maximum atomic E-state index is 12.3. The van der Waals surface area contributed by atoms with E-state index >= 15 is 0 Å². The molecule has 1 unspecified atom stereocenters. The average molecular weight is 380 g/mol. The highest BCUT2D eigenvalue weighted by Gasteiger charge is 2.14. The van der Waals surface area contributed by atoms with Gasteiger partial charge < -0.3 is 14.8 Å². The van der Waals surface area contributed by atoms with Crippen molar-refractivity contribution in [3.05, 3.63) is 60.1 Å². The molecule has 0 aliphatic heterocycles. The van der Waals surface area contributed by atoms with Crippen LogP contribution in [0.15, 0.2) is 48.7 Å². The molecule has 0 radical (unpaired) electrons. The molecular formula is C21H24N4O3. The van der Waals surface area contributed by atoms with Crippen LogP contribution in [0.3, 0.4) is 0 Å². The second-order valence-electron chi connectivity index (χ2n) is 6.31. The number of aromatic nitrogens is 3. The SMILES string of the molecule is CCCOc1ccc(/C=C/C(=O)NC(C)c2nnc3ccccn23)cc1OC. The Kier molecular flexibility index (Phi) is 6.26. The number of hydrogen-bond acceptors (Lipinski definition) is 5. The van der Waals surface area contributed by atoms with Crippen LogP contribution < -0.4 is 14.8 Å². The minimum atomic E-state index is -0.283. The van der Waals surface area contributed by atoms with Gasteiger partial charge in [-0.25, -0.2) is 0 Å². The molecule has 1 atom stereocenters. The number of amides is 1. The zero-order valence-electron chi connectivity index (χ0n) is 16.3. The topological polar surface area (TPSA) is 77.8 Å². The molecule has 0 spiro atoms. The minimum Gasteiger partial charge on any atom is -0.493 e. The summed E-state index contributed by atoms with van der Waals surface area (Å²) in [4.78, 5) is 12.3. The largest absolute Gasteiger partial charge is 0.493 e. The van der Waals surface area contributed by atoms with Gasteiger partial charge in [0.25, 0.3) is 0 Å². The first-order valence-electron chi connectivity index (χ1n) is 9.21. The summed E-state index contributed by atoms with van der Waals surface area (Å²) < 4.78 is 12.9. The van der Waals surface area contributed by atoms with Gasteiger partial charge >= 0.3 is 0 Å². The number of methoxy groups -OCH3 is 1. The maximum Gasteiger partial charge on any atom is 0.244 e. The molecule has 0 aliphatic rings. The summed E-state index contributed by atoms with van der Waals surface area (Å²) in [6.07, 6.45) is 6.01. The van der Waals surface area contributed by atoms with Crippen molar-refractivity contribution in [1.29, 1.82) is 0 Å². The van der Waals surface area contributed by atoms with E-state index < -0.39 is 0 Å². The number of rotatable bonds is 8. The fourth-order valence-corrected chi connectivity index (χ4v) is 2.77. The lowest BCUT2D eigenvalue weighted by atomic mass is 10.2. The smallest absolute Gasteiger partial charge is 0.244 e. The van der Waals surface area contributed by atoms with E-state index in [1.54, 1.807) is 13.2 Å². The van der Waals surface area contributed by atoms with Gasteiger partial charge in [0.2, 0.25) is 5.91 Å². The summed E-state index contributed by atoms with van der Waals surface area (Å²) >= 11 is 0. The lowest BCUT2D eigenvalue weighted by molar-refractivity contribution is -0.117. The van der Waals surface area contributed by atoms with Crippen LogP contribution in [0.25, 0.3) is 11.7 Å². The molecule has 0 bridgehead atoms. The van der Waals surface area contributed by atoms with Gasteiger partial charge in [0.15, 0.2) is 23.0 Å². The van der Waals surface area contributed by atoms with E-state index in [1.165, 1.54) is 6.08 Å². The van der Waals surface area contributed by atoms with Crippen molar-refractivity contribution < 1.29 is 14.3 Å². The van der Waals surface area contributed by atoms with E-state index in [1.807, 2.05) is 60.8 Å². The second-order valence-corrected chi connectivity index (χ2v) is 6.31. The number of carbonyl (C=O) groups is 1. The van der Waals surface area contributed by atoms with Crippen molar-refractivity contribution in [2.45, 2.75) is 26.3 Å². The van der Waals surface area contributed by atoms with Gasteiger partial charge in [-0.05, 0) is 49.2 Å². The van der Waals surface area contributed by atoms with Crippen molar-refractivity contribution >= 4 is 17.6 Å². The van der Waals surface area contributed by atoms with Crippen LogP contribution >= 0.6 is 0 Å². The van der Waals surface area contributed by atoms with Crippen molar-refractivity contribution in [1.82, 2.24) is 19.9 Å². The third-order valence-electron chi connectivity index (χ3n) is 4.16. The molecule has 2 aromatic heterocycles. The van der Waals surface area contributed by atoms with E-state index in [2.05, 4.69) is 15.5 Å². The van der Waals surface area contributed by atoms with Gasteiger partial charge in [0, 0.05) is 12.3 Å². The molecule has 146 valence electrons. The Morgan fingerprint density at radius 1 is 1.25 bits per heavy atom. The molecule has 1 aromatic carbocycles. The predicted molar refractivity (Wildman–Crippen MR) is 107 cm³/mol. The number of benzene rings is 1. The quantitative estimate of drug-likeness (QED) is 0.606. The van der Waals surface area contributed by atoms with Crippen LogP contribution in [0, 0.1) is 0 Å². The van der Waals surface area contributed by atoms with Gasteiger partial charge in [0.05, 0.1) is 19.8 Å². The molecule has 28 heavy (non-hydrogen) atoms. The number of carbonyl (C=O) groups excluding carboxylic acids is 1. The summed E-state index contributed by atoms with van der Waals surface area (Å²) in [6.45, 7) is 4.55. The summed E-state index contributed by atoms with van der Waals surface area (Å²) in [6, 6.07) is 10.9. The highest BCUT2D eigenvalue weighted by Crippen LogP contribution is 2.28. The Morgan fingerprint density at radius 2 is 2.11 bits per heavy atom. The molecule has 3 rings (SSSR count). The normalized spacial score (nSPS) is 12.2. The molecule has 1 amide bonds. The first-order valence-corrected chi connectivity index (χ1v) is 9.21. The minimum absolute atomic E-state index is 0.217. The Morgan fingerprint density at radius 3 is 2.89 bits per heavy atom. The second kappa shape index (κ2) is 9.03. The van der Waals surface area contributed by atoms with E-state index in [0.717, 1.165) is 17.6 Å². The zero-order valence-corrected chi connectivity index (χ0v) is 16.3. The number of fused-ring (bicyclic) bond motifs is 1. The fraction of sp³-hybridized carbons (Fsp3) is 0.286. The third kappa shape index (κ3) is 4.49.